The Kier molecular flexibility index (Phi) is 32.1. The van der Waals surface area contributed by atoms with Gasteiger partial charge in [-0.2, -0.15) is 0 Å². The Morgan fingerprint density at radius 1 is 0.511 bits per heavy atom. The SMILES string of the molecule is CCCCC[C@@H](C(=O)NCNC(=O)c1ccc(-c2cc(CNCO[P+](=O)OCNCc3cc(OCC)cc(-c4ccc(C(=O)NCNC(=O)[C@H](CCCCC)[C@@H](CC)N(C=O)OCc5ccccc5)o4)c3)cc(OCC)c2)o1)[C@@H](CC)N(C=O)OCc1ccccc1. The molecule has 6 N–H and O–H groups in total. The van der Waals surface area contributed by atoms with Crippen molar-refractivity contribution in [2.45, 2.75) is 144 Å². The minimum absolute atomic E-state index is 0.0208. The van der Waals surface area contributed by atoms with Gasteiger partial charge in [-0.15, -0.1) is 9.05 Å². The van der Waals surface area contributed by atoms with Crippen molar-refractivity contribution in [2.24, 2.45) is 11.8 Å². The molecule has 23 nitrogen and oxygen atoms in total. The first-order chi connectivity index (χ1) is 44.8. The van der Waals surface area contributed by atoms with Crippen LogP contribution >= 0.6 is 8.25 Å². The summed E-state index contributed by atoms with van der Waals surface area (Å²) in [5, 5.41) is 19.7. The number of hydrogen-bond acceptors (Lipinski definition) is 17. The minimum atomic E-state index is -2.54. The minimum Gasteiger partial charge on any atom is -0.494 e. The third kappa shape index (κ3) is 23.8. The van der Waals surface area contributed by atoms with Crippen LogP contribution in [0.3, 0.4) is 0 Å². The zero-order chi connectivity index (χ0) is 65.9. The van der Waals surface area contributed by atoms with Gasteiger partial charge in [0.05, 0.1) is 50.5 Å². The number of rotatable bonds is 46. The zero-order valence-corrected chi connectivity index (χ0v) is 54.5. The molecule has 0 unspecified atom stereocenters. The van der Waals surface area contributed by atoms with Gasteiger partial charge >= 0.3 is 8.25 Å². The molecule has 0 saturated heterocycles. The number of nitrogens with one attached hydrogen (secondary N) is 6. The van der Waals surface area contributed by atoms with E-state index < -0.39 is 44.0 Å². The maximum atomic E-state index is 13.7. The first-order valence-corrected chi connectivity index (χ1v) is 32.8. The Bertz CT molecular complexity index is 3010. The summed E-state index contributed by atoms with van der Waals surface area (Å²) in [4.78, 5) is 90.4. The van der Waals surface area contributed by atoms with Crippen molar-refractivity contribution >= 4 is 44.7 Å². The molecule has 4 aromatic carbocycles. The first-order valence-electron chi connectivity index (χ1n) is 31.7. The quantitative estimate of drug-likeness (QED) is 0.00681. The maximum absolute atomic E-state index is 13.7. The average Bonchev–Trinajstić information content (AvgIpc) is 1.99. The van der Waals surface area contributed by atoms with Crippen LogP contribution in [-0.4, -0.2) is 98.7 Å². The number of hydrogen-bond donors (Lipinski definition) is 6. The second-order valence-corrected chi connectivity index (χ2v) is 22.6. The lowest BCUT2D eigenvalue weighted by Crippen LogP contribution is -2.48. The van der Waals surface area contributed by atoms with Crippen LogP contribution in [0.1, 0.15) is 149 Å². The molecule has 24 heteroatoms. The van der Waals surface area contributed by atoms with E-state index >= 15 is 0 Å². The second kappa shape index (κ2) is 40.5. The van der Waals surface area contributed by atoms with Crippen LogP contribution in [0.15, 0.2) is 130 Å². The van der Waals surface area contributed by atoms with Crippen molar-refractivity contribution < 1.29 is 70.4 Å². The van der Waals surface area contributed by atoms with Crippen LogP contribution in [0.4, 0.5) is 0 Å². The molecule has 0 aliphatic carbocycles. The lowest BCUT2D eigenvalue weighted by molar-refractivity contribution is -0.200. The van der Waals surface area contributed by atoms with Crippen LogP contribution in [-0.2, 0) is 68.8 Å². The fraction of sp³-hybridized carbons (Fsp3) is 0.441. The molecule has 0 fully saturated rings. The number of unbranched alkanes of at least 4 members (excludes halogenated alkanes) is 4. The van der Waals surface area contributed by atoms with Crippen LogP contribution in [0, 0.1) is 11.8 Å². The lowest BCUT2D eigenvalue weighted by atomic mass is 9.90. The molecule has 6 amide bonds. The van der Waals surface area contributed by atoms with E-state index in [4.69, 9.17) is 37.0 Å². The molecule has 6 aromatic rings. The van der Waals surface area contributed by atoms with E-state index in [1.54, 1.807) is 24.3 Å². The van der Waals surface area contributed by atoms with Gasteiger partial charge in [-0.25, -0.2) is 10.1 Å². The largest absolute Gasteiger partial charge is 0.700 e. The Morgan fingerprint density at radius 2 is 0.924 bits per heavy atom. The number of benzene rings is 4. The van der Waals surface area contributed by atoms with Gasteiger partial charge in [0.15, 0.2) is 25.0 Å². The van der Waals surface area contributed by atoms with Gasteiger partial charge in [-0.3, -0.25) is 49.1 Å². The molecule has 4 atom stereocenters. The summed E-state index contributed by atoms with van der Waals surface area (Å²) < 4.78 is 47.3. The Labute approximate surface area is 540 Å². The Balaban J connectivity index is 0.945. The predicted octanol–water partition coefficient (Wildman–Crippen LogP) is 11.2. The molecule has 92 heavy (non-hydrogen) atoms. The van der Waals surface area contributed by atoms with Gasteiger partial charge in [-0.05, 0) is 122 Å². The highest BCUT2D eigenvalue weighted by molar-refractivity contribution is 7.33. The maximum Gasteiger partial charge on any atom is 0.700 e. The van der Waals surface area contributed by atoms with Crippen molar-refractivity contribution in [3.63, 3.8) is 0 Å². The van der Waals surface area contributed by atoms with Crippen molar-refractivity contribution in [1.82, 2.24) is 42.0 Å². The third-order valence-corrected chi connectivity index (χ3v) is 15.7. The molecule has 0 aliphatic heterocycles. The molecule has 0 radical (unpaired) electrons. The number of amides is 6. The smallest absolute Gasteiger partial charge is 0.494 e. The molecule has 2 heterocycles. The van der Waals surface area contributed by atoms with Crippen molar-refractivity contribution in [3.8, 4) is 34.1 Å². The normalized spacial score (nSPS) is 12.4. The number of ether oxygens (including phenoxy) is 2. The van der Waals surface area contributed by atoms with E-state index in [9.17, 15) is 33.3 Å². The Hall–Kier alpha value is -8.28. The van der Waals surface area contributed by atoms with Gasteiger partial charge in [0.1, 0.15) is 36.2 Å². The third-order valence-electron chi connectivity index (χ3n) is 15.0. The average molecular weight is 1290 g/mol. The van der Waals surface area contributed by atoms with E-state index in [1.807, 2.05) is 113 Å². The molecular formula is C68H90N8O15P+. The fourth-order valence-electron chi connectivity index (χ4n) is 10.4. The summed E-state index contributed by atoms with van der Waals surface area (Å²) in [7, 11) is -2.54. The summed E-state index contributed by atoms with van der Waals surface area (Å²) in [5.41, 5.74) is 4.58. The van der Waals surface area contributed by atoms with E-state index in [0.717, 1.165) is 60.8 Å². The second-order valence-electron chi connectivity index (χ2n) is 21.6. The van der Waals surface area contributed by atoms with Crippen molar-refractivity contribution in [1.29, 1.82) is 0 Å². The first kappa shape index (κ1) is 72.8. The molecular weight excluding hydrogens is 1200 g/mol. The number of carbonyl (C=O) groups is 6. The van der Waals surface area contributed by atoms with Crippen LogP contribution in [0.5, 0.6) is 11.5 Å². The molecule has 2 aromatic heterocycles. The van der Waals surface area contributed by atoms with Crippen molar-refractivity contribution in [3.05, 3.63) is 155 Å². The monoisotopic (exact) mass is 1290 g/mol. The molecule has 0 spiro atoms. The van der Waals surface area contributed by atoms with E-state index in [1.165, 1.54) is 22.3 Å². The highest BCUT2D eigenvalue weighted by Gasteiger charge is 2.34. The summed E-state index contributed by atoms with van der Waals surface area (Å²) in [5.74, 6) is -0.952. The number of furan rings is 2. The van der Waals surface area contributed by atoms with Crippen LogP contribution in [0.25, 0.3) is 22.6 Å². The standard InChI is InChI=1S/C68H89N8O15P/c1-7-13-17-27-57(59(9-3)75(47-77)86-41-49-23-19-15-20-24-49)65(79)71-43-73-67(81)63-31-29-61(90-63)53-33-51(35-55(37-53)84-11-5)39-69-45-88-92(83)89-46-70-40-52-34-54(38-56(36-52)85-12-6)62-30-32-64(91-62)68(82)74-44-72-66(80)58(28-18-14-8-2)60(10-4)76(48-78)87-42-50-25-21-16-22-26-50/h15-16,19-26,29-38,47-48,57-60,69-70H,7-14,17-18,27-28,39-46H2,1-6H3,(H3-,71,72,73,74,79,80,81,82)/p+1/t57-,58-,59-,60-/m1/s1. The van der Waals surface area contributed by atoms with E-state index in [2.05, 4.69) is 45.7 Å². The highest BCUT2D eigenvalue weighted by atomic mass is 31.1. The summed E-state index contributed by atoms with van der Waals surface area (Å²) >= 11 is 0. The zero-order valence-electron chi connectivity index (χ0n) is 53.6. The topological polar surface area (TPSA) is 280 Å². The number of carbonyl (C=O) groups excluding carboxylic acids is 6. The van der Waals surface area contributed by atoms with Crippen LogP contribution in [0.2, 0.25) is 0 Å². The summed E-state index contributed by atoms with van der Waals surface area (Å²) in [6.45, 7) is 12.8. The fourth-order valence-corrected chi connectivity index (χ4v) is 10.9. The van der Waals surface area contributed by atoms with Gasteiger partial charge in [0.2, 0.25) is 24.6 Å². The van der Waals surface area contributed by atoms with Gasteiger partial charge in [0, 0.05) is 28.8 Å². The van der Waals surface area contributed by atoms with Crippen LogP contribution < -0.4 is 41.4 Å². The van der Waals surface area contributed by atoms with Gasteiger partial charge in [0.25, 0.3) is 11.8 Å². The lowest BCUT2D eigenvalue weighted by Gasteiger charge is -2.32. The molecule has 0 saturated carbocycles. The summed E-state index contributed by atoms with van der Waals surface area (Å²) in [6, 6.07) is 35.2. The molecule has 0 bridgehead atoms. The predicted molar refractivity (Wildman–Crippen MR) is 346 cm³/mol. The summed E-state index contributed by atoms with van der Waals surface area (Å²) in [6.07, 6.45) is 8.52. The number of nitrogens with zero attached hydrogens (tertiary/aromatic N) is 2. The Morgan fingerprint density at radius 3 is 1.29 bits per heavy atom. The van der Waals surface area contributed by atoms with Gasteiger partial charge in [-0.1, -0.05) is 127 Å². The van der Waals surface area contributed by atoms with Crippen molar-refractivity contribution in [2.75, 3.05) is 40.0 Å². The highest BCUT2D eigenvalue weighted by Crippen LogP contribution is 2.31. The number of hydroxylamine groups is 4. The van der Waals surface area contributed by atoms with E-state index in [0.29, 0.717) is 85.9 Å². The molecule has 6 rings (SSSR count). The van der Waals surface area contributed by atoms with Gasteiger partial charge < -0.3 is 39.6 Å². The molecule has 0 aliphatic rings. The van der Waals surface area contributed by atoms with E-state index in [-0.39, 0.29) is 76.4 Å². The molecule has 496 valence electrons.